The molecule has 3 rings (SSSR count). The summed E-state index contributed by atoms with van der Waals surface area (Å²) in [5.74, 6) is 0.553. The van der Waals surface area contributed by atoms with Crippen LogP contribution in [0.25, 0.3) is 5.52 Å². The van der Waals surface area contributed by atoms with E-state index >= 15 is 0 Å². The predicted octanol–water partition coefficient (Wildman–Crippen LogP) is 4.86. The van der Waals surface area contributed by atoms with Gasteiger partial charge >= 0.3 is 6.36 Å². The van der Waals surface area contributed by atoms with Crippen molar-refractivity contribution in [1.29, 1.82) is 0 Å². The number of hydrogen-bond acceptors (Lipinski definition) is 5. The molecule has 0 saturated carbocycles. The molecular weight excluding hydrogens is 487 g/mol. The molecule has 0 bridgehead atoms. The van der Waals surface area contributed by atoms with Gasteiger partial charge in [-0.15, -0.1) is 18.3 Å². The molecule has 162 valence electrons. The average molecular weight is 507 g/mol. The highest BCUT2D eigenvalue weighted by Crippen LogP contribution is 2.32. The van der Waals surface area contributed by atoms with Crippen LogP contribution in [-0.2, 0) is 17.7 Å². The molecule has 0 amide bonds. The van der Waals surface area contributed by atoms with Crippen molar-refractivity contribution >= 4 is 38.9 Å². The third kappa shape index (κ3) is 5.63. The minimum atomic E-state index is -4.66. The number of nitrogens with one attached hydrogen (secondary N) is 1. The second-order valence-electron chi connectivity index (χ2n) is 6.77. The number of aryl methyl sites for hydroxylation is 1. The van der Waals surface area contributed by atoms with Crippen molar-refractivity contribution in [2.75, 3.05) is 11.9 Å². The highest BCUT2D eigenvalue weighted by atomic mass is 79.9. The summed E-state index contributed by atoms with van der Waals surface area (Å²) in [7, 11) is 0. The molecule has 0 fully saturated rings. The van der Waals surface area contributed by atoms with Crippen molar-refractivity contribution < 1.29 is 17.9 Å². The van der Waals surface area contributed by atoms with E-state index in [4.69, 9.17) is 17.3 Å². The van der Waals surface area contributed by atoms with Crippen molar-refractivity contribution in [3.8, 4) is 0 Å². The maximum Gasteiger partial charge on any atom is 0.522 e. The highest BCUT2D eigenvalue weighted by Gasteiger charge is 2.29. The zero-order chi connectivity index (χ0) is 21.9. The van der Waals surface area contributed by atoms with E-state index < -0.39 is 19.0 Å². The number of alkyl halides is 3. The second kappa shape index (κ2) is 9.51. The Labute approximate surface area is 184 Å². The van der Waals surface area contributed by atoms with Gasteiger partial charge in [0.05, 0.1) is 6.61 Å². The number of halogens is 5. The summed E-state index contributed by atoms with van der Waals surface area (Å²) in [5.41, 5.74) is 9.52. The lowest BCUT2D eigenvalue weighted by Crippen LogP contribution is -2.26. The Kier molecular flexibility index (Phi) is 7.22. The number of benzene rings is 1. The van der Waals surface area contributed by atoms with Gasteiger partial charge in [-0.05, 0) is 64.0 Å². The Hall–Kier alpha value is -1.88. The van der Waals surface area contributed by atoms with Crippen LogP contribution in [0.4, 0.5) is 19.0 Å². The quantitative estimate of drug-likeness (QED) is 0.456. The molecule has 3 aromatic rings. The van der Waals surface area contributed by atoms with E-state index in [1.165, 1.54) is 0 Å². The number of rotatable bonds is 8. The number of hydrogen-bond donors (Lipinski definition) is 2. The molecule has 11 heteroatoms. The molecule has 3 N–H and O–H groups in total. The number of nitrogens with two attached hydrogens (primary N) is 1. The summed E-state index contributed by atoms with van der Waals surface area (Å²) in [5, 5.41) is 7.58. The summed E-state index contributed by atoms with van der Waals surface area (Å²) < 4.78 is 42.6. The molecule has 0 aliphatic rings. The van der Waals surface area contributed by atoms with Gasteiger partial charge in [-0.1, -0.05) is 30.3 Å². The molecular formula is C19H20BrClF3N5O. The molecule has 0 aliphatic carbocycles. The van der Waals surface area contributed by atoms with Crippen LogP contribution >= 0.6 is 27.5 Å². The van der Waals surface area contributed by atoms with Gasteiger partial charge in [0.25, 0.3) is 0 Å². The maximum atomic E-state index is 12.2. The number of nitrogens with zero attached hydrogens (tertiary/aromatic N) is 3. The maximum absolute atomic E-state index is 12.2. The van der Waals surface area contributed by atoms with Gasteiger partial charge in [0.15, 0.2) is 5.82 Å². The van der Waals surface area contributed by atoms with Crippen molar-refractivity contribution in [2.24, 2.45) is 5.73 Å². The van der Waals surface area contributed by atoms with Crippen molar-refractivity contribution in [3.05, 3.63) is 56.9 Å². The first kappa shape index (κ1) is 22.8. The Morgan fingerprint density at radius 1 is 1.30 bits per heavy atom. The minimum Gasteiger partial charge on any atom is -0.364 e. The Bertz CT molecular complexity index is 1010. The molecule has 0 spiro atoms. The molecule has 2 heterocycles. The van der Waals surface area contributed by atoms with E-state index in [9.17, 15) is 13.2 Å². The third-order valence-corrected chi connectivity index (χ3v) is 5.56. The Balaban J connectivity index is 1.83. The van der Waals surface area contributed by atoms with Crippen LogP contribution in [0.2, 0.25) is 5.28 Å². The number of aromatic nitrogens is 3. The lowest BCUT2D eigenvalue weighted by atomic mass is 10.0. The molecule has 0 unspecified atom stereocenters. The van der Waals surface area contributed by atoms with E-state index in [2.05, 4.69) is 36.1 Å². The average Bonchev–Trinajstić information content (AvgIpc) is 2.90. The topological polar surface area (TPSA) is 77.5 Å². The Morgan fingerprint density at radius 3 is 2.67 bits per heavy atom. The normalized spacial score (nSPS) is 13.0. The first-order chi connectivity index (χ1) is 14.2. The fraction of sp³-hybridized carbons (Fsp3) is 0.368. The van der Waals surface area contributed by atoms with Gasteiger partial charge < -0.3 is 11.1 Å². The Morgan fingerprint density at radius 2 is 2.00 bits per heavy atom. The SMILES string of the molecule is Cc1c(C[C@@H](N)CCOC(F)(F)F)c(Br)n2nc(Cl)nc(NCc3ccccc3)c12. The number of fused-ring (bicyclic) bond motifs is 1. The van der Waals surface area contributed by atoms with Crippen LogP contribution < -0.4 is 11.1 Å². The minimum absolute atomic E-state index is 0.0585. The molecule has 1 aromatic carbocycles. The number of ether oxygens (including phenoxy) is 1. The van der Waals surface area contributed by atoms with Gasteiger partial charge in [0.1, 0.15) is 10.1 Å². The lowest BCUT2D eigenvalue weighted by Gasteiger charge is -2.13. The first-order valence-corrected chi connectivity index (χ1v) is 10.3. The fourth-order valence-electron chi connectivity index (χ4n) is 3.14. The van der Waals surface area contributed by atoms with Crippen molar-refractivity contribution in [2.45, 2.75) is 38.7 Å². The fourth-order valence-corrected chi connectivity index (χ4v) is 4.01. The van der Waals surface area contributed by atoms with Gasteiger partial charge in [0, 0.05) is 12.6 Å². The van der Waals surface area contributed by atoms with E-state index in [0.29, 0.717) is 23.4 Å². The van der Waals surface area contributed by atoms with Gasteiger partial charge in [-0.2, -0.15) is 4.98 Å². The number of anilines is 1. The van der Waals surface area contributed by atoms with Gasteiger partial charge in [-0.3, -0.25) is 4.74 Å². The summed E-state index contributed by atoms with van der Waals surface area (Å²) in [6, 6.07) is 9.28. The van der Waals surface area contributed by atoms with E-state index in [0.717, 1.165) is 22.2 Å². The van der Waals surface area contributed by atoms with Crippen LogP contribution in [0, 0.1) is 6.92 Å². The van der Waals surface area contributed by atoms with Crippen LogP contribution in [0.1, 0.15) is 23.1 Å². The molecule has 30 heavy (non-hydrogen) atoms. The van der Waals surface area contributed by atoms with Gasteiger partial charge in [0.2, 0.25) is 5.28 Å². The molecule has 0 saturated heterocycles. The lowest BCUT2D eigenvalue weighted by molar-refractivity contribution is -0.324. The largest absolute Gasteiger partial charge is 0.522 e. The predicted molar refractivity (Wildman–Crippen MR) is 113 cm³/mol. The summed E-state index contributed by atoms with van der Waals surface area (Å²) in [4.78, 5) is 4.31. The molecule has 1 atom stereocenters. The van der Waals surface area contributed by atoms with Gasteiger partial charge in [-0.25, -0.2) is 4.52 Å². The van der Waals surface area contributed by atoms with Crippen molar-refractivity contribution in [3.63, 3.8) is 0 Å². The highest BCUT2D eigenvalue weighted by molar-refractivity contribution is 9.10. The first-order valence-electron chi connectivity index (χ1n) is 9.13. The standard InChI is InChI=1S/C19H20BrClF3N5O/c1-11-14(9-13(25)7-8-30-19(22,23)24)16(20)29-15(11)17(27-18(21)28-29)26-10-12-5-3-2-4-6-12/h2-6,13H,7-10,25H2,1H3,(H,26,27,28)/t13-/m0/s1. The zero-order valence-electron chi connectivity index (χ0n) is 16.0. The van der Waals surface area contributed by atoms with Crippen molar-refractivity contribution in [1.82, 2.24) is 14.6 Å². The molecule has 0 aliphatic heterocycles. The summed E-state index contributed by atoms with van der Waals surface area (Å²) in [6.45, 7) is 1.93. The van der Waals surface area contributed by atoms with Crippen LogP contribution in [0.5, 0.6) is 0 Å². The zero-order valence-corrected chi connectivity index (χ0v) is 18.4. The second-order valence-corrected chi connectivity index (χ2v) is 7.86. The molecule has 6 nitrogen and oxygen atoms in total. The summed E-state index contributed by atoms with van der Waals surface area (Å²) in [6.07, 6.45) is -4.26. The van der Waals surface area contributed by atoms with Crippen LogP contribution in [0.15, 0.2) is 34.9 Å². The smallest absolute Gasteiger partial charge is 0.364 e. The van der Waals surface area contributed by atoms with Crippen LogP contribution in [0.3, 0.4) is 0 Å². The van der Waals surface area contributed by atoms with E-state index in [1.807, 2.05) is 37.3 Å². The van der Waals surface area contributed by atoms with Crippen LogP contribution in [-0.4, -0.2) is 33.6 Å². The molecule has 2 aromatic heterocycles. The monoisotopic (exact) mass is 505 g/mol. The van der Waals surface area contributed by atoms with E-state index in [1.54, 1.807) is 4.52 Å². The van der Waals surface area contributed by atoms with E-state index in [-0.39, 0.29) is 11.7 Å². The molecule has 0 radical (unpaired) electrons. The third-order valence-electron chi connectivity index (χ3n) is 4.59. The summed E-state index contributed by atoms with van der Waals surface area (Å²) >= 11 is 9.62.